The lowest BCUT2D eigenvalue weighted by Gasteiger charge is -2.38. The number of hydrogen-bond donors (Lipinski definition) is 2. The molecular formula is C73H124O3S4. The minimum Gasteiger partial charge on any atom is -0.506 e. The number of hydrogen-bond acceptors (Lipinski definition) is 7. The molecule has 0 aromatic carbocycles. The van der Waals surface area contributed by atoms with Crippen molar-refractivity contribution in [3.05, 3.63) is 56.9 Å². The Morgan fingerprint density at radius 1 is 0.350 bits per heavy atom. The summed E-state index contributed by atoms with van der Waals surface area (Å²) in [5.41, 5.74) is 1.53. The van der Waals surface area contributed by atoms with Gasteiger partial charge in [0.05, 0.1) is 25.1 Å². The van der Waals surface area contributed by atoms with E-state index in [2.05, 4.69) is 43.7 Å². The first-order valence-electron chi connectivity index (χ1n) is 34.8. The van der Waals surface area contributed by atoms with E-state index in [0.29, 0.717) is 5.75 Å². The number of thiophene rings is 4. The molecule has 4 aromatic rings. The molecule has 1 aliphatic rings. The summed E-state index contributed by atoms with van der Waals surface area (Å²) in [6.45, 7) is 8.83. The van der Waals surface area contributed by atoms with Crippen molar-refractivity contribution in [3.8, 4) is 31.0 Å². The molecule has 2 N–H and O–H groups in total. The molecule has 0 saturated carbocycles. The Hall–Kier alpha value is -1.64. The summed E-state index contributed by atoms with van der Waals surface area (Å²) in [4.78, 5) is 4.76. The number of ether oxygens (including phenoxy) is 1. The average Bonchev–Trinajstić information content (AvgIpc) is 4.50. The predicted octanol–water partition coefficient (Wildman–Crippen LogP) is 27.4. The molecule has 0 aliphatic carbocycles. The minimum absolute atomic E-state index is 0.102. The van der Waals surface area contributed by atoms with Crippen molar-refractivity contribution < 1.29 is 14.9 Å². The highest BCUT2D eigenvalue weighted by Crippen LogP contribution is 2.54. The molecule has 0 amide bonds. The molecular weight excluding hydrogens is 1050 g/mol. The van der Waals surface area contributed by atoms with E-state index in [1.165, 1.54) is 341 Å². The Bertz CT molecular complexity index is 1950. The van der Waals surface area contributed by atoms with Gasteiger partial charge in [0.25, 0.3) is 0 Å². The van der Waals surface area contributed by atoms with Crippen LogP contribution in [0.5, 0.6) is 11.5 Å². The molecule has 4 aromatic heterocycles. The maximum Gasteiger partial charge on any atom is 0.140 e. The number of aliphatic hydroxyl groups is 1. The largest absolute Gasteiger partial charge is 0.506 e. The second-order valence-electron chi connectivity index (χ2n) is 25.1. The van der Waals surface area contributed by atoms with E-state index in [1.807, 2.05) is 46.4 Å². The molecule has 1 aliphatic heterocycles. The monoisotopic (exact) mass is 1180 g/mol. The van der Waals surface area contributed by atoms with E-state index in [1.54, 1.807) is 17.4 Å². The van der Waals surface area contributed by atoms with Crippen LogP contribution in [0.1, 0.15) is 366 Å². The van der Waals surface area contributed by atoms with Crippen LogP contribution in [-0.4, -0.2) is 10.2 Å². The lowest BCUT2D eigenvalue weighted by atomic mass is 9.81. The SMILES string of the molecule is CCCCCCCCCCCCCCCCCCC(C)(O)c1ccsc1-c1sccc1O.CCCCCCCCCCCCCCCCCCC1(CCCCCCCCCCCCCCCCCC)Oc2ccsc2-c2sccc21. The first-order chi connectivity index (χ1) is 39.4. The van der Waals surface area contributed by atoms with Gasteiger partial charge in [0.1, 0.15) is 17.1 Å². The minimum atomic E-state index is -0.832. The van der Waals surface area contributed by atoms with Crippen LogP contribution in [0.15, 0.2) is 45.8 Å². The van der Waals surface area contributed by atoms with Crippen molar-refractivity contribution in [3.63, 3.8) is 0 Å². The highest BCUT2D eigenvalue weighted by Gasteiger charge is 2.41. The Morgan fingerprint density at radius 3 is 1.02 bits per heavy atom. The summed E-state index contributed by atoms with van der Waals surface area (Å²) in [5.74, 6) is 1.47. The second kappa shape index (κ2) is 46.6. The van der Waals surface area contributed by atoms with Crippen LogP contribution >= 0.6 is 45.3 Å². The molecule has 0 saturated heterocycles. The lowest BCUT2D eigenvalue weighted by molar-refractivity contribution is 0.0397. The first-order valence-corrected chi connectivity index (χ1v) is 38.3. The van der Waals surface area contributed by atoms with E-state index in [0.717, 1.165) is 33.9 Å². The van der Waals surface area contributed by atoms with Gasteiger partial charge >= 0.3 is 0 Å². The normalized spacial score (nSPS) is 13.5. The molecule has 3 nitrogen and oxygen atoms in total. The third-order valence-electron chi connectivity index (χ3n) is 17.8. The quantitative estimate of drug-likeness (QED) is 0.0433. The van der Waals surface area contributed by atoms with E-state index in [4.69, 9.17) is 4.74 Å². The molecule has 80 heavy (non-hydrogen) atoms. The highest BCUT2D eigenvalue weighted by molar-refractivity contribution is 7.21. The van der Waals surface area contributed by atoms with Crippen LogP contribution < -0.4 is 4.74 Å². The van der Waals surface area contributed by atoms with Crippen LogP contribution in [0.3, 0.4) is 0 Å². The summed E-state index contributed by atoms with van der Waals surface area (Å²) in [6, 6.07) is 8.39. The topological polar surface area (TPSA) is 49.7 Å². The molecule has 5 rings (SSSR count). The number of aromatic hydroxyl groups is 1. The first kappa shape index (κ1) is 70.8. The van der Waals surface area contributed by atoms with Gasteiger partial charge in [0, 0.05) is 11.1 Å². The van der Waals surface area contributed by atoms with E-state index in [9.17, 15) is 10.2 Å². The Kier molecular flexibility index (Phi) is 41.3. The molecule has 1 unspecified atom stereocenters. The van der Waals surface area contributed by atoms with Gasteiger partial charge in [-0.1, -0.05) is 316 Å². The Balaban J connectivity index is 0.000000373. The standard InChI is InChI=1S/C45H78OS2.C28H46O2S2/c1-3-5-7-9-11-13-15-17-19-21-23-25-27-29-31-33-37-45(41-35-39-47-43(41)44-42(46-45)36-40-48-44)38-34-32-30-28-26-24-22-20-18-16-14-12-10-8-6-4-2;1-3-4-5-6-7-8-9-10-11-12-13-14-15-16-17-18-21-28(2,30)24-19-22-31-26(24)27-25(29)20-23-32-27/h35-36,39-40H,3-34,37-38H2,1-2H3;19-20,22-23,29-30H,3-18,21H2,1-2H3. The molecule has 1 atom stereocenters. The zero-order chi connectivity index (χ0) is 56.9. The van der Waals surface area contributed by atoms with Crippen molar-refractivity contribution in [2.45, 2.75) is 366 Å². The van der Waals surface area contributed by atoms with Gasteiger partial charge in [0.15, 0.2) is 0 Å². The van der Waals surface area contributed by atoms with Crippen LogP contribution in [0.2, 0.25) is 0 Å². The molecule has 7 heteroatoms. The van der Waals surface area contributed by atoms with Crippen molar-refractivity contribution in [1.29, 1.82) is 0 Å². The highest BCUT2D eigenvalue weighted by atomic mass is 32.1. The number of fused-ring (bicyclic) bond motifs is 3. The molecule has 0 radical (unpaired) electrons. The van der Waals surface area contributed by atoms with Gasteiger partial charge < -0.3 is 14.9 Å². The van der Waals surface area contributed by atoms with Crippen molar-refractivity contribution in [2.24, 2.45) is 0 Å². The Labute approximate surface area is 511 Å². The summed E-state index contributed by atoms with van der Waals surface area (Å²) < 4.78 is 7.01. The Morgan fingerprint density at radius 2 is 0.650 bits per heavy atom. The van der Waals surface area contributed by atoms with E-state index >= 15 is 0 Å². The molecule has 5 heterocycles. The predicted molar refractivity (Wildman–Crippen MR) is 361 cm³/mol. The summed E-state index contributed by atoms with van der Waals surface area (Å²) in [6.07, 6.45) is 70.6. The fourth-order valence-electron chi connectivity index (χ4n) is 12.6. The van der Waals surface area contributed by atoms with Gasteiger partial charge in [-0.15, -0.1) is 45.3 Å². The zero-order valence-electron chi connectivity index (χ0n) is 52.6. The third-order valence-corrected chi connectivity index (χ3v) is 21.7. The van der Waals surface area contributed by atoms with Crippen molar-refractivity contribution in [2.75, 3.05) is 0 Å². The van der Waals surface area contributed by atoms with Gasteiger partial charge in [-0.25, -0.2) is 0 Å². The zero-order valence-corrected chi connectivity index (χ0v) is 55.9. The van der Waals surface area contributed by atoms with Crippen LogP contribution in [0, 0.1) is 0 Å². The number of rotatable bonds is 53. The summed E-state index contributed by atoms with van der Waals surface area (Å²) in [5, 5.41) is 29.6. The summed E-state index contributed by atoms with van der Waals surface area (Å²) >= 11 is 6.93. The fraction of sp³-hybridized carbons (Fsp3) is 0.781. The van der Waals surface area contributed by atoms with Crippen molar-refractivity contribution in [1.82, 2.24) is 0 Å². The fourth-order valence-corrected chi connectivity index (χ4v) is 16.6. The molecule has 0 fully saturated rings. The molecule has 0 bridgehead atoms. The van der Waals surface area contributed by atoms with Crippen LogP contribution in [0.4, 0.5) is 0 Å². The smallest absolute Gasteiger partial charge is 0.140 e. The van der Waals surface area contributed by atoms with Crippen molar-refractivity contribution >= 4 is 45.3 Å². The van der Waals surface area contributed by atoms with E-state index < -0.39 is 5.60 Å². The second-order valence-corrected chi connectivity index (χ2v) is 28.8. The van der Waals surface area contributed by atoms with E-state index in [-0.39, 0.29) is 5.60 Å². The van der Waals surface area contributed by atoms with Gasteiger partial charge in [-0.2, -0.15) is 0 Å². The third kappa shape index (κ3) is 29.9. The average molecular weight is 1180 g/mol. The van der Waals surface area contributed by atoms with Gasteiger partial charge in [-0.05, 0) is 84.8 Å². The van der Waals surface area contributed by atoms with Crippen LogP contribution in [-0.2, 0) is 11.2 Å². The van der Waals surface area contributed by atoms with Gasteiger partial charge in [0.2, 0.25) is 0 Å². The summed E-state index contributed by atoms with van der Waals surface area (Å²) in [7, 11) is 0. The van der Waals surface area contributed by atoms with Gasteiger partial charge in [-0.3, -0.25) is 0 Å². The lowest BCUT2D eigenvalue weighted by Crippen LogP contribution is -2.35. The molecule has 0 spiro atoms. The maximum absolute atomic E-state index is 11.1. The number of unbranched alkanes of at least 4 members (excludes halogenated alkanes) is 45. The maximum atomic E-state index is 11.1. The molecule has 458 valence electrons. The van der Waals surface area contributed by atoms with Crippen LogP contribution in [0.25, 0.3) is 19.5 Å².